The first kappa shape index (κ1) is 9.91. The fraction of sp³-hybridized carbons (Fsp3) is 1.00. The Morgan fingerprint density at radius 1 is 1.50 bits per heavy atom. The van der Waals surface area contributed by atoms with E-state index in [0.717, 1.165) is 19.3 Å². The molecule has 6 heteroatoms. The van der Waals surface area contributed by atoms with Crippen LogP contribution in [0.4, 0.5) is 0 Å². The molecule has 0 aromatic carbocycles. The highest BCUT2D eigenvalue weighted by Crippen LogP contribution is 2.25. The third-order valence-electron chi connectivity index (χ3n) is 2.13. The molecule has 12 heavy (non-hydrogen) atoms. The fourth-order valence-electron chi connectivity index (χ4n) is 1.29. The second kappa shape index (κ2) is 3.69. The van der Waals surface area contributed by atoms with Crippen LogP contribution in [-0.2, 0) is 10.2 Å². The van der Waals surface area contributed by atoms with Crippen molar-refractivity contribution in [1.82, 2.24) is 4.31 Å². The summed E-state index contributed by atoms with van der Waals surface area (Å²) in [5, 5.41) is 13.6. The molecule has 3 N–H and O–H groups in total. The predicted molar refractivity (Wildman–Crippen MR) is 44.5 cm³/mol. The number of aliphatic hydroxyl groups excluding tert-OH is 1. The van der Waals surface area contributed by atoms with Gasteiger partial charge in [-0.15, -0.1) is 0 Å². The summed E-state index contributed by atoms with van der Waals surface area (Å²) >= 11 is 0. The Morgan fingerprint density at radius 3 is 2.33 bits per heavy atom. The lowest BCUT2D eigenvalue weighted by Gasteiger charge is -2.34. The molecule has 0 bridgehead atoms. The number of hydrogen-bond donors (Lipinski definition) is 2. The van der Waals surface area contributed by atoms with Gasteiger partial charge in [0, 0.05) is 12.6 Å². The van der Waals surface area contributed by atoms with Gasteiger partial charge in [-0.3, -0.25) is 0 Å². The first-order chi connectivity index (χ1) is 5.55. The van der Waals surface area contributed by atoms with Gasteiger partial charge in [-0.1, -0.05) is 6.42 Å². The highest BCUT2D eigenvalue weighted by atomic mass is 32.2. The van der Waals surface area contributed by atoms with Crippen LogP contribution in [0.15, 0.2) is 0 Å². The van der Waals surface area contributed by atoms with E-state index < -0.39 is 10.2 Å². The molecule has 1 aliphatic carbocycles. The second-order valence-electron chi connectivity index (χ2n) is 2.96. The van der Waals surface area contributed by atoms with Gasteiger partial charge in [0.2, 0.25) is 0 Å². The average Bonchev–Trinajstić information content (AvgIpc) is 1.80. The number of aliphatic hydroxyl groups is 1. The van der Waals surface area contributed by atoms with Crippen LogP contribution < -0.4 is 5.14 Å². The van der Waals surface area contributed by atoms with Gasteiger partial charge in [0.25, 0.3) is 10.2 Å². The van der Waals surface area contributed by atoms with E-state index in [1.807, 2.05) is 0 Å². The molecule has 0 amide bonds. The van der Waals surface area contributed by atoms with E-state index in [0.29, 0.717) is 0 Å². The van der Waals surface area contributed by atoms with E-state index >= 15 is 0 Å². The third-order valence-corrected chi connectivity index (χ3v) is 3.26. The van der Waals surface area contributed by atoms with Crippen molar-refractivity contribution in [3.63, 3.8) is 0 Å². The lowest BCUT2D eigenvalue weighted by atomic mass is 9.93. The zero-order valence-electron chi connectivity index (χ0n) is 6.81. The van der Waals surface area contributed by atoms with Crippen LogP contribution in [0.1, 0.15) is 19.3 Å². The maximum absolute atomic E-state index is 10.9. The predicted octanol–water partition coefficient (Wildman–Crippen LogP) is -0.963. The second-order valence-corrected chi connectivity index (χ2v) is 4.46. The van der Waals surface area contributed by atoms with Crippen LogP contribution in [0.25, 0.3) is 0 Å². The van der Waals surface area contributed by atoms with Gasteiger partial charge in [0.15, 0.2) is 0 Å². The van der Waals surface area contributed by atoms with Crippen LogP contribution in [0, 0.1) is 0 Å². The number of nitrogens with zero attached hydrogens (tertiary/aromatic N) is 1. The minimum absolute atomic E-state index is 0.0205. The quantitative estimate of drug-likeness (QED) is 0.604. The van der Waals surface area contributed by atoms with E-state index in [-0.39, 0.29) is 19.2 Å². The standard InChI is InChI=1S/C6H14N2O3S/c7-12(10,11)8(4-5-9)6-2-1-3-6/h6,9H,1-5H2,(H2,7,10,11). The maximum atomic E-state index is 10.9. The molecule has 0 heterocycles. The molecule has 0 aromatic heterocycles. The first-order valence-corrected chi connectivity index (χ1v) is 5.46. The Kier molecular flexibility index (Phi) is 3.05. The van der Waals surface area contributed by atoms with Crippen molar-refractivity contribution in [3.05, 3.63) is 0 Å². The molecule has 0 spiro atoms. The molecule has 0 aromatic rings. The van der Waals surface area contributed by atoms with Crippen molar-refractivity contribution in [2.45, 2.75) is 25.3 Å². The highest BCUT2D eigenvalue weighted by molar-refractivity contribution is 7.86. The highest BCUT2D eigenvalue weighted by Gasteiger charge is 2.30. The van der Waals surface area contributed by atoms with Crippen molar-refractivity contribution >= 4 is 10.2 Å². The molecular formula is C6H14N2O3S. The molecule has 0 unspecified atom stereocenters. The SMILES string of the molecule is NS(=O)(=O)N(CCO)C1CCC1. The summed E-state index contributed by atoms with van der Waals surface area (Å²) in [6.45, 7) is -0.0591. The van der Waals surface area contributed by atoms with Crippen molar-refractivity contribution in [2.24, 2.45) is 5.14 Å². The van der Waals surface area contributed by atoms with Gasteiger partial charge < -0.3 is 5.11 Å². The minimum Gasteiger partial charge on any atom is -0.395 e. The minimum atomic E-state index is -3.61. The van der Waals surface area contributed by atoms with Crippen molar-refractivity contribution in [1.29, 1.82) is 0 Å². The summed E-state index contributed by atoms with van der Waals surface area (Å²) in [7, 11) is -3.61. The summed E-state index contributed by atoms with van der Waals surface area (Å²) in [5.41, 5.74) is 0. The maximum Gasteiger partial charge on any atom is 0.277 e. The fourth-order valence-corrected chi connectivity index (χ4v) is 2.25. The Labute approximate surface area is 72.3 Å². The van der Waals surface area contributed by atoms with E-state index in [1.165, 1.54) is 4.31 Å². The molecule has 0 atom stereocenters. The molecule has 0 radical (unpaired) electrons. The number of hydrogen-bond acceptors (Lipinski definition) is 3. The molecule has 1 aliphatic rings. The summed E-state index contributed by atoms with van der Waals surface area (Å²) < 4.78 is 23.1. The van der Waals surface area contributed by atoms with Crippen molar-refractivity contribution < 1.29 is 13.5 Å². The molecule has 1 fully saturated rings. The lowest BCUT2D eigenvalue weighted by molar-refractivity contribution is 0.178. The van der Waals surface area contributed by atoms with Crippen LogP contribution in [0.5, 0.6) is 0 Å². The normalized spacial score (nSPS) is 19.6. The Bertz CT molecular complexity index is 235. The Balaban J connectivity index is 2.60. The Morgan fingerprint density at radius 2 is 2.08 bits per heavy atom. The van der Waals surface area contributed by atoms with Gasteiger partial charge in [-0.05, 0) is 12.8 Å². The Hall–Kier alpha value is -0.170. The molecule has 5 nitrogen and oxygen atoms in total. The van der Waals surface area contributed by atoms with Gasteiger partial charge in [-0.25, -0.2) is 5.14 Å². The topological polar surface area (TPSA) is 83.6 Å². The largest absolute Gasteiger partial charge is 0.395 e. The van der Waals surface area contributed by atoms with E-state index in [2.05, 4.69) is 0 Å². The summed E-state index contributed by atoms with van der Waals surface area (Å²) in [5.74, 6) is 0. The number of nitrogens with two attached hydrogens (primary N) is 1. The molecule has 72 valence electrons. The van der Waals surface area contributed by atoms with Gasteiger partial charge >= 0.3 is 0 Å². The summed E-state index contributed by atoms with van der Waals surface area (Å²) in [6, 6.07) is 0.0205. The van der Waals surface area contributed by atoms with Crippen molar-refractivity contribution in [3.8, 4) is 0 Å². The van der Waals surface area contributed by atoms with Crippen LogP contribution in [0.3, 0.4) is 0 Å². The van der Waals surface area contributed by atoms with E-state index in [4.69, 9.17) is 10.2 Å². The zero-order valence-corrected chi connectivity index (χ0v) is 7.63. The summed E-state index contributed by atoms with van der Waals surface area (Å²) in [6.07, 6.45) is 2.76. The average molecular weight is 194 g/mol. The third kappa shape index (κ3) is 2.16. The van der Waals surface area contributed by atoms with Gasteiger partial charge in [0.05, 0.1) is 6.61 Å². The molecule has 1 saturated carbocycles. The van der Waals surface area contributed by atoms with Gasteiger partial charge in [-0.2, -0.15) is 12.7 Å². The van der Waals surface area contributed by atoms with Gasteiger partial charge in [0.1, 0.15) is 0 Å². The monoisotopic (exact) mass is 194 g/mol. The molecular weight excluding hydrogens is 180 g/mol. The zero-order chi connectivity index (χ0) is 9.19. The smallest absolute Gasteiger partial charge is 0.277 e. The number of rotatable bonds is 4. The van der Waals surface area contributed by atoms with Crippen LogP contribution >= 0.6 is 0 Å². The summed E-state index contributed by atoms with van der Waals surface area (Å²) in [4.78, 5) is 0. The molecule has 1 rings (SSSR count). The van der Waals surface area contributed by atoms with E-state index in [9.17, 15) is 8.42 Å². The van der Waals surface area contributed by atoms with E-state index in [1.54, 1.807) is 0 Å². The van der Waals surface area contributed by atoms with Crippen molar-refractivity contribution in [2.75, 3.05) is 13.2 Å². The first-order valence-electron chi connectivity index (χ1n) is 3.96. The van der Waals surface area contributed by atoms with Crippen LogP contribution in [0.2, 0.25) is 0 Å². The molecule has 0 aliphatic heterocycles. The molecule has 0 saturated heterocycles. The van der Waals surface area contributed by atoms with Crippen LogP contribution in [-0.4, -0.2) is 37.0 Å². The lowest BCUT2D eigenvalue weighted by Crippen LogP contribution is -2.48.